The Morgan fingerprint density at radius 2 is 2.15 bits per heavy atom. The molecule has 5 nitrogen and oxygen atoms in total. The Bertz CT molecular complexity index is 598. The van der Waals surface area contributed by atoms with Gasteiger partial charge in [0, 0.05) is 31.0 Å². The summed E-state index contributed by atoms with van der Waals surface area (Å²) < 4.78 is 0. The Morgan fingerprint density at radius 3 is 2.80 bits per heavy atom. The van der Waals surface area contributed by atoms with Gasteiger partial charge in [0.05, 0.1) is 0 Å². The maximum Gasteiger partial charge on any atom is 0.259 e. The van der Waals surface area contributed by atoms with E-state index in [9.17, 15) is 4.79 Å². The highest BCUT2D eigenvalue weighted by molar-refractivity contribution is 6.05. The summed E-state index contributed by atoms with van der Waals surface area (Å²) in [5, 5.41) is 3.12. The van der Waals surface area contributed by atoms with E-state index in [2.05, 4.69) is 15.3 Å². The van der Waals surface area contributed by atoms with Crippen LogP contribution in [0.25, 0.3) is 0 Å². The van der Waals surface area contributed by atoms with E-state index >= 15 is 0 Å². The first-order valence-corrected chi connectivity index (χ1v) is 6.53. The van der Waals surface area contributed by atoms with Gasteiger partial charge in [-0.2, -0.15) is 0 Å². The Labute approximate surface area is 118 Å². The number of carbonyl (C=O) groups excluding carboxylic acids is 1. The zero-order valence-corrected chi connectivity index (χ0v) is 11.9. The van der Waals surface area contributed by atoms with Crippen LogP contribution in [0.5, 0.6) is 0 Å². The van der Waals surface area contributed by atoms with E-state index in [1.807, 2.05) is 26.0 Å². The van der Waals surface area contributed by atoms with Gasteiger partial charge in [0.1, 0.15) is 11.6 Å². The van der Waals surface area contributed by atoms with Crippen molar-refractivity contribution in [3.63, 3.8) is 0 Å². The molecule has 2 heterocycles. The molecule has 0 unspecified atom stereocenters. The smallest absolute Gasteiger partial charge is 0.259 e. The Morgan fingerprint density at radius 1 is 1.35 bits per heavy atom. The third-order valence-corrected chi connectivity index (χ3v) is 2.86. The molecule has 1 N–H and O–H groups in total. The topological polar surface area (TPSA) is 58.1 Å². The number of aryl methyl sites for hydroxylation is 1. The van der Waals surface area contributed by atoms with Crippen molar-refractivity contribution in [1.82, 2.24) is 9.97 Å². The molecule has 0 saturated carbocycles. The van der Waals surface area contributed by atoms with Crippen LogP contribution in [0.4, 0.5) is 11.6 Å². The number of nitrogens with zero attached hydrogens (tertiary/aromatic N) is 3. The fraction of sp³-hybridized carbons (Fsp3) is 0.267. The molecule has 0 aliphatic heterocycles. The number of aromatic nitrogens is 2. The zero-order chi connectivity index (χ0) is 14.5. The van der Waals surface area contributed by atoms with Crippen molar-refractivity contribution in [2.24, 2.45) is 0 Å². The standard InChI is InChI=1S/C15H18N4O/c1-4-16-13-10-12(9-11(2)18-13)15(20)19(3)14-7-5-6-8-17-14/h5-10H,4H2,1-3H3,(H,16,18). The molecule has 0 aliphatic carbocycles. The van der Waals surface area contributed by atoms with Crippen molar-refractivity contribution in [3.8, 4) is 0 Å². The van der Waals surface area contributed by atoms with Gasteiger partial charge in [-0.15, -0.1) is 0 Å². The van der Waals surface area contributed by atoms with E-state index in [0.717, 1.165) is 12.2 Å². The number of nitrogens with one attached hydrogen (secondary N) is 1. The van der Waals surface area contributed by atoms with Gasteiger partial charge >= 0.3 is 0 Å². The first kappa shape index (κ1) is 14.0. The molecule has 0 radical (unpaired) electrons. The summed E-state index contributed by atoms with van der Waals surface area (Å²) in [7, 11) is 1.72. The summed E-state index contributed by atoms with van der Waals surface area (Å²) in [5.74, 6) is 1.23. The first-order chi connectivity index (χ1) is 9.61. The normalized spacial score (nSPS) is 10.2. The van der Waals surface area contributed by atoms with Gasteiger partial charge in [-0.05, 0) is 38.1 Å². The fourth-order valence-electron chi connectivity index (χ4n) is 1.91. The van der Waals surface area contributed by atoms with Gasteiger partial charge in [0.25, 0.3) is 5.91 Å². The lowest BCUT2D eigenvalue weighted by molar-refractivity contribution is 0.0992. The monoisotopic (exact) mass is 270 g/mol. The average Bonchev–Trinajstić information content (AvgIpc) is 2.46. The van der Waals surface area contributed by atoms with Gasteiger partial charge < -0.3 is 5.32 Å². The lowest BCUT2D eigenvalue weighted by atomic mass is 10.2. The van der Waals surface area contributed by atoms with Gasteiger partial charge in [-0.3, -0.25) is 9.69 Å². The predicted molar refractivity (Wildman–Crippen MR) is 80.1 cm³/mol. The second kappa shape index (κ2) is 6.14. The van der Waals surface area contributed by atoms with Crippen LogP contribution in [0.1, 0.15) is 23.0 Å². The Hall–Kier alpha value is -2.43. The molecule has 0 fully saturated rings. The van der Waals surface area contributed by atoms with Crippen LogP contribution in [0.2, 0.25) is 0 Å². The Balaban J connectivity index is 2.29. The molecule has 0 bridgehead atoms. The summed E-state index contributed by atoms with van der Waals surface area (Å²) in [6.07, 6.45) is 1.67. The van der Waals surface area contributed by atoms with E-state index < -0.39 is 0 Å². The summed E-state index contributed by atoms with van der Waals surface area (Å²) in [4.78, 5) is 22.5. The van der Waals surface area contributed by atoms with Crippen LogP contribution >= 0.6 is 0 Å². The van der Waals surface area contributed by atoms with E-state index in [0.29, 0.717) is 17.2 Å². The van der Waals surface area contributed by atoms with Crippen molar-refractivity contribution in [3.05, 3.63) is 47.8 Å². The van der Waals surface area contributed by atoms with Crippen molar-refractivity contribution in [1.29, 1.82) is 0 Å². The van der Waals surface area contributed by atoms with Crippen molar-refractivity contribution >= 4 is 17.5 Å². The van der Waals surface area contributed by atoms with E-state index in [-0.39, 0.29) is 5.91 Å². The minimum Gasteiger partial charge on any atom is -0.370 e. The van der Waals surface area contributed by atoms with E-state index in [1.165, 1.54) is 4.90 Å². The second-order valence-corrected chi connectivity index (χ2v) is 4.46. The number of carbonyl (C=O) groups is 1. The summed E-state index contributed by atoms with van der Waals surface area (Å²) in [6, 6.07) is 9.02. The highest BCUT2D eigenvalue weighted by Gasteiger charge is 2.15. The molecular formula is C15H18N4O. The summed E-state index contributed by atoms with van der Waals surface area (Å²) in [6.45, 7) is 4.63. The minimum atomic E-state index is -0.103. The molecule has 20 heavy (non-hydrogen) atoms. The van der Waals surface area contributed by atoms with Crippen LogP contribution in [0.3, 0.4) is 0 Å². The van der Waals surface area contributed by atoms with Crippen molar-refractivity contribution in [2.45, 2.75) is 13.8 Å². The van der Waals surface area contributed by atoms with Gasteiger partial charge in [-0.1, -0.05) is 6.07 Å². The van der Waals surface area contributed by atoms with Gasteiger partial charge in [-0.25, -0.2) is 9.97 Å². The number of hydrogen-bond acceptors (Lipinski definition) is 4. The maximum atomic E-state index is 12.5. The maximum absolute atomic E-state index is 12.5. The number of hydrogen-bond donors (Lipinski definition) is 1. The molecule has 0 atom stereocenters. The Kier molecular flexibility index (Phi) is 4.30. The molecule has 5 heteroatoms. The third kappa shape index (κ3) is 3.12. The molecule has 0 aliphatic rings. The number of amides is 1. The van der Waals surface area contributed by atoms with Crippen LogP contribution in [0.15, 0.2) is 36.5 Å². The second-order valence-electron chi connectivity index (χ2n) is 4.46. The number of pyridine rings is 2. The molecular weight excluding hydrogens is 252 g/mol. The summed E-state index contributed by atoms with van der Waals surface area (Å²) >= 11 is 0. The van der Waals surface area contributed by atoms with Crippen LogP contribution in [-0.4, -0.2) is 29.5 Å². The SMILES string of the molecule is CCNc1cc(C(=O)N(C)c2ccccn2)cc(C)n1. The fourth-order valence-corrected chi connectivity index (χ4v) is 1.91. The highest BCUT2D eigenvalue weighted by atomic mass is 16.2. The van der Waals surface area contributed by atoms with Crippen LogP contribution < -0.4 is 10.2 Å². The lowest BCUT2D eigenvalue weighted by Crippen LogP contribution is -2.27. The number of rotatable bonds is 4. The molecule has 0 spiro atoms. The highest BCUT2D eigenvalue weighted by Crippen LogP contribution is 2.15. The average molecular weight is 270 g/mol. The largest absolute Gasteiger partial charge is 0.370 e. The zero-order valence-electron chi connectivity index (χ0n) is 11.9. The van der Waals surface area contributed by atoms with Crippen molar-refractivity contribution in [2.75, 3.05) is 23.8 Å². The predicted octanol–water partition coefficient (Wildman–Crippen LogP) is 2.49. The number of anilines is 2. The lowest BCUT2D eigenvalue weighted by Gasteiger charge is -2.17. The van der Waals surface area contributed by atoms with E-state index in [4.69, 9.17) is 0 Å². The van der Waals surface area contributed by atoms with Gasteiger partial charge in [0.2, 0.25) is 0 Å². The van der Waals surface area contributed by atoms with Crippen molar-refractivity contribution < 1.29 is 4.79 Å². The molecule has 104 valence electrons. The molecule has 0 aromatic carbocycles. The molecule has 2 aromatic rings. The van der Waals surface area contributed by atoms with Gasteiger partial charge in [0.15, 0.2) is 0 Å². The third-order valence-electron chi connectivity index (χ3n) is 2.86. The molecule has 1 amide bonds. The first-order valence-electron chi connectivity index (χ1n) is 6.53. The quantitative estimate of drug-likeness (QED) is 0.927. The van der Waals surface area contributed by atoms with Crippen LogP contribution in [0, 0.1) is 6.92 Å². The summed E-state index contributed by atoms with van der Waals surface area (Å²) in [5.41, 5.74) is 1.41. The molecule has 2 aromatic heterocycles. The minimum absolute atomic E-state index is 0.103. The van der Waals surface area contributed by atoms with E-state index in [1.54, 1.807) is 31.4 Å². The molecule has 0 saturated heterocycles. The molecule has 2 rings (SSSR count). The van der Waals surface area contributed by atoms with Crippen LogP contribution in [-0.2, 0) is 0 Å².